The highest BCUT2D eigenvalue weighted by Gasteiger charge is 2.32. The molecule has 2 fully saturated rings. The Balaban J connectivity index is 1.74. The summed E-state index contributed by atoms with van der Waals surface area (Å²) in [7, 11) is 0. The predicted molar refractivity (Wildman–Crippen MR) is 72.9 cm³/mol. The molecule has 18 heavy (non-hydrogen) atoms. The van der Waals surface area contributed by atoms with E-state index in [1.165, 1.54) is 19.3 Å². The van der Waals surface area contributed by atoms with E-state index in [4.69, 9.17) is 16.3 Å². The number of carbonyl (C=O) groups is 1. The highest BCUT2D eigenvalue weighted by atomic mass is 35.5. The minimum absolute atomic E-state index is 0.132. The van der Waals surface area contributed by atoms with Gasteiger partial charge < -0.3 is 10.1 Å². The number of halogens is 1. The van der Waals surface area contributed by atoms with Crippen LogP contribution >= 0.6 is 11.6 Å². The van der Waals surface area contributed by atoms with Crippen molar-refractivity contribution in [2.75, 3.05) is 12.5 Å². The van der Waals surface area contributed by atoms with Crippen molar-refractivity contribution in [2.24, 2.45) is 0 Å². The van der Waals surface area contributed by atoms with Crippen molar-refractivity contribution in [3.8, 4) is 0 Å². The standard InChI is InChI=1S/C14H24ClNO2/c15-11-14(8-2-1-3-9-14)16-13(17)7-6-12-5-4-10-18-12/h12H,1-11H2,(H,16,17). The van der Waals surface area contributed by atoms with Crippen LogP contribution in [0.1, 0.15) is 57.8 Å². The van der Waals surface area contributed by atoms with E-state index in [0.717, 1.165) is 38.7 Å². The van der Waals surface area contributed by atoms with Crippen molar-refractivity contribution >= 4 is 17.5 Å². The number of rotatable bonds is 5. The lowest BCUT2D eigenvalue weighted by Gasteiger charge is -2.36. The number of hydrogen-bond acceptors (Lipinski definition) is 2. The highest BCUT2D eigenvalue weighted by Crippen LogP contribution is 2.29. The Labute approximate surface area is 115 Å². The first kappa shape index (κ1) is 14.1. The molecule has 0 spiro atoms. The SMILES string of the molecule is O=C(CCC1CCCO1)NC1(CCl)CCCCC1. The van der Waals surface area contributed by atoms with Crippen LogP contribution in [0.4, 0.5) is 0 Å². The zero-order valence-electron chi connectivity index (χ0n) is 11.0. The lowest BCUT2D eigenvalue weighted by atomic mass is 9.83. The molecule has 4 heteroatoms. The monoisotopic (exact) mass is 273 g/mol. The van der Waals surface area contributed by atoms with Gasteiger partial charge in [-0.25, -0.2) is 0 Å². The van der Waals surface area contributed by atoms with Gasteiger partial charge in [0.05, 0.1) is 11.6 Å². The molecular weight excluding hydrogens is 250 g/mol. The van der Waals surface area contributed by atoms with Gasteiger partial charge in [-0.2, -0.15) is 0 Å². The van der Waals surface area contributed by atoms with Gasteiger partial charge >= 0.3 is 0 Å². The molecule has 0 aromatic heterocycles. The van der Waals surface area contributed by atoms with Crippen LogP contribution < -0.4 is 5.32 Å². The van der Waals surface area contributed by atoms with Gasteiger partial charge in [0.25, 0.3) is 0 Å². The van der Waals surface area contributed by atoms with Gasteiger partial charge in [0.15, 0.2) is 0 Å². The third kappa shape index (κ3) is 3.86. The van der Waals surface area contributed by atoms with Crippen LogP contribution in [0.25, 0.3) is 0 Å². The number of nitrogens with one attached hydrogen (secondary N) is 1. The molecule has 1 aliphatic carbocycles. The van der Waals surface area contributed by atoms with E-state index in [1.54, 1.807) is 0 Å². The lowest BCUT2D eigenvalue weighted by Crippen LogP contribution is -2.51. The first-order valence-electron chi connectivity index (χ1n) is 7.23. The molecule has 1 unspecified atom stereocenters. The fourth-order valence-corrected chi connectivity index (χ4v) is 3.38. The Kier molecular flexibility index (Phi) is 5.31. The van der Waals surface area contributed by atoms with Gasteiger partial charge in [-0.3, -0.25) is 4.79 Å². The molecule has 1 saturated heterocycles. The summed E-state index contributed by atoms with van der Waals surface area (Å²) in [6.07, 6.45) is 9.65. The predicted octanol–water partition coefficient (Wildman–Crippen LogP) is 3.00. The Morgan fingerprint density at radius 2 is 2.06 bits per heavy atom. The average Bonchev–Trinajstić information content (AvgIpc) is 2.91. The number of amides is 1. The van der Waals surface area contributed by atoms with Crippen molar-refractivity contribution in [3.63, 3.8) is 0 Å². The molecule has 2 aliphatic rings. The summed E-state index contributed by atoms with van der Waals surface area (Å²) < 4.78 is 5.54. The molecule has 3 nitrogen and oxygen atoms in total. The van der Waals surface area contributed by atoms with Crippen LogP contribution in [0, 0.1) is 0 Å². The van der Waals surface area contributed by atoms with Crippen LogP contribution in [0.2, 0.25) is 0 Å². The zero-order chi connectivity index (χ0) is 12.8. The molecule has 0 bridgehead atoms. The molecule has 2 rings (SSSR count). The van der Waals surface area contributed by atoms with Crippen LogP contribution in [-0.2, 0) is 9.53 Å². The Morgan fingerprint density at radius 1 is 1.28 bits per heavy atom. The highest BCUT2D eigenvalue weighted by molar-refractivity contribution is 6.18. The molecule has 1 heterocycles. The maximum absolute atomic E-state index is 12.0. The van der Waals surface area contributed by atoms with E-state index in [0.29, 0.717) is 18.4 Å². The first-order chi connectivity index (χ1) is 8.74. The lowest BCUT2D eigenvalue weighted by molar-refractivity contribution is -0.123. The number of ether oxygens (including phenoxy) is 1. The van der Waals surface area contributed by atoms with Crippen LogP contribution in [-0.4, -0.2) is 30.0 Å². The quantitative estimate of drug-likeness (QED) is 0.782. The molecule has 1 N–H and O–H groups in total. The molecule has 1 aliphatic heterocycles. The molecule has 104 valence electrons. The van der Waals surface area contributed by atoms with Crippen molar-refractivity contribution in [2.45, 2.75) is 69.4 Å². The van der Waals surface area contributed by atoms with E-state index < -0.39 is 0 Å². The van der Waals surface area contributed by atoms with Gasteiger partial charge in [0, 0.05) is 18.9 Å². The largest absolute Gasteiger partial charge is 0.378 e. The second kappa shape index (κ2) is 6.76. The Bertz CT molecular complexity index is 271. The van der Waals surface area contributed by atoms with Crippen molar-refractivity contribution in [1.82, 2.24) is 5.32 Å². The summed E-state index contributed by atoms with van der Waals surface area (Å²) in [4.78, 5) is 12.0. The van der Waals surface area contributed by atoms with Crippen molar-refractivity contribution in [3.05, 3.63) is 0 Å². The third-order valence-corrected chi connectivity index (χ3v) is 4.70. The second-order valence-corrected chi connectivity index (χ2v) is 5.96. The smallest absolute Gasteiger partial charge is 0.220 e. The van der Waals surface area contributed by atoms with E-state index >= 15 is 0 Å². The molecule has 1 atom stereocenters. The number of alkyl halides is 1. The van der Waals surface area contributed by atoms with E-state index in [9.17, 15) is 4.79 Å². The Morgan fingerprint density at radius 3 is 2.67 bits per heavy atom. The summed E-state index contributed by atoms with van der Waals surface area (Å²) >= 11 is 6.07. The minimum Gasteiger partial charge on any atom is -0.378 e. The Hall–Kier alpha value is -0.280. The molecule has 1 saturated carbocycles. The van der Waals surface area contributed by atoms with Gasteiger partial charge in [-0.05, 0) is 32.1 Å². The summed E-state index contributed by atoms with van der Waals surface area (Å²) in [5.41, 5.74) is -0.132. The van der Waals surface area contributed by atoms with Gasteiger partial charge in [0.1, 0.15) is 0 Å². The summed E-state index contributed by atoms with van der Waals surface area (Å²) in [6.45, 7) is 0.859. The maximum atomic E-state index is 12.0. The topological polar surface area (TPSA) is 38.3 Å². The number of carbonyl (C=O) groups excluding carboxylic acids is 1. The van der Waals surface area contributed by atoms with Gasteiger partial charge in [-0.1, -0.05) is 19.3 Å². The average molecular weight is 274 g/mol. The fraction of sp³-hybridized carbons (Fsp3) is 0.929. The number of hydrogen-bond donors (Lipinski definition) is 1. The molecule has 1 amide bonds. The molecular formula is C14H24ClNO2. The summed E-state index contributed by atoms with van der Waals surface area (Å²) in [5, 5.41) is 3.18. The third-order valence-electron chi connectivity index (χ3n) is 4.19. The zero-order valence-corrected chi connectivity index (χ0v) is 11.8. The second-order valence-electron chi connectivity index (χ2n) is 5.70. The summed E-state index contributed by atoms with van der Waals surface area (Å²) in [6, 6.07) is 0. The van der Waals surface area contributed by atoms with Gasteiger partial charge in [0.2, 0.25) is 5.91 Å². The van der Waals surface area contributed by atoms with Crippen LogP contribution in [0.15, 0.2) is 0 Å². The first-order valence-corrected chi connectivity index (χ1v) is 7.76. The van der Waals surface area contributed by atoms with E-state index in [-0.39, 0.29) is 11.4 Å². The van der Waals surface area contributed by atoms with E-state index in [2.05, 4.69) is 5.32 Å². The van der Waals surface area contributed by atoms with Crippen LogP contribution in [0.3, 0.4) is 0 Å². The van der Waals surface area contributed by atoms with Crippen molar-refractivity contribution < 1.29 is 9.53 Å². The molecule has 0 aromatic carbocycles. The maximum Gasteiger partial charge on any atom is 0.220 e. The minimum atomic E-state index is -0.132. The van der Waals surface area contributed by atoms with Crippen LogP contribution in [0.5, 0.6) is 0 Å². The van der Waals surface area contributed by atoms with Gasteiger partial charge in [-0.15, -0.1) is 11.6 Å². The molecule has 0 aromatic rings. The fourth-order valence-electron chi connectivity index (χ4n) is 3.04. The summed E-state index contributed by atoms with van der Waals surface area (Å²) in [5.74, 6) is 0.687. The normalized spacial score (nSPS) is 27.1. The van der Waals surface area contributed by atoms with Crippen molar-refractivity contribution in [1.29, 1.82) is 0 Å². The molecule has 0 radical (unpaired) electrons. The van der Waals surface area contributed by atoms with E-state index in [1.807, 2.05) is 0 Å².